The molecule has 12 nitrogen and oxygen atoms in total. The summed E-state index contributed by atoms with van der Waals surface area (Å²) in [5, 5.41) is 47.6. The van der Waals surface area contributed by atoms with Gasteiger partial charge in [-0.3, -0.25) is 14.4 Å². The molecule has 0 aromatic heterocycles. The van der Waals surface area contributed by atoms with E-state index < -0.39 is 84.4 Å². The van der Waals surface area contributed by atoms with Crippen LogP contribution in [0, 0.1) is 11.3 Å². The first-order chi connectivity index (χ1) is 24.5. The van der Waals surface area contributed by atoms with Crippen LogP contribution in [-0.2, 0) is 28.6 Å². The third-order valence-electron chi connectivity index (χ3n) is 9.95. The molecular weight excluding hydrogens is 670 g/mol. The summed E-state index contributed by atoms with van der Waals surface area (Å²) in [7, 11) is 0. The molecule has 280 valence electrons. The van der Waals surface area contributed by atoms with Crippen molar-refractivity contribution in [3.05, 3.63) is 106 Å². The molecule has 2 aromatic rings. The third kappa shape index (κ3) is 9.43. The third-order valence-corrected chi connectivity index (χ3v) is 9.95. The van der Waals surface area contributed by atoms with Crippen LogP contribution in [0.3, 0.4) is 0 Å². The van der Waals surface area contributed by atoms with Crippen molar-refractivity contribution in [2.24, 2.45) is 11.3 Å². The number of fused-ring (bicyclic) bond motifs is 2. The van der Waals surface area contributed by atoms with Crippen LogP contribution in [0.4, 0.5) is 0 Å². The van der Waals surface area contributed by atoms with Crippen LogP contribution in [-0.4, -0.2) is 87.5 Å². The Morgan fingerprint density at radius 1 is 0.846 bits per heavy atom. The number of hydrogen-bond acceptors (Lipinski definition) is 11. The molecule has 8 atom stereocenters. The van der Waals surface area contributed by atoms with Crippen molar-refractivity contribution in [3.8, 4) is 0 Å². The number of aliphatic hydroxyl groups is 4. The lowest BCUT2D eigenvalue weighted by Gasteiger charge is -2.48. The zero-order chi connectivity index (χ0) is 38.3. The molecule has 4 rings (SSSR count). The summed E-state index contributed by atoms with van der Waals surface area (Å²) in [6.07, 6.45) is -4.74. The summed E-state index contributed by atoms with van der Waals surface area (Å²) in [5.74, 6) is -3.59. The van der Waals surface area contributed by atoms with E-state index >= 15 is 0 Å². The molecule has 2 bridgehead atoms. The van der Waals surface area contributed by atoms with Gasteiger partial charge in [0.2, 0.25) is 0 Å². The van der Waals surface area contributed by atoms with Crippen LogP contribution in [0.1, 0.15) is 76.3 Å². The van der Waals surface area contributed by atoms with Gasteiger partial charge >= 0.3 is 17.9 Å². The van der Waals surface area contributed by atoms with E-state index in [0.29, 0.717) is 27.8 Å². The van der Waals surface area contributed by atoms with Gasteiger partial charge in [-0.1, -0.05) is 68.5 Å². The van der Waals surface area contributed by atoms with Gasteiger partial charge in [0.15, 0.2) is 6.10 Å². The molecule has 2 aliphatic carbocycles. The predicted octanol–water partition coefficient (Wildman–Crippen LogP) is 3.65. The van der Waals surface area contributed by atoms with Gasteiger partial charge in [-0.2, -0.15) is 0 Å². The minimum absolute atomic E-state index is 0.0416. The number of nitrogens with one attached hydrogen (secondary N) is 1. The van der Waals surface area contributed by atoms with Gasteiger partial charge in [-0.25, -0.2) is 4.79 Å². The van der Waals surface area contributed by atoms with Crippen LogP contribution < -0.4 is 5.32 Å². The second kappa shape index (κ2) is 17.3. The Labute approximate surface area is 303 Å². The molecule has 0 spiro atoms. The highest BCUT2D eigenvalue weighted by molar-refractivity contribution is 5.95. The largest absolute Gasteiger partial charge is 0.458 e. The van der Waals surface area contributed by atoms with Gasteiger partial charge in [-0.05, 0) is 71.7 Å². The van der Waals surface area contributed by atoms with Crippen molar-refractivity contribution in [3.63, 3.8) is 0 Å². The molecule has 0 fully saturated rings. The Morgan fingerprint density at radius 3 is 2.02 bits per heavy atom. The highest BCUT2D eigenvalue weighted by Gasteiger charge is 2.49. The van der Waals surface area contributed by atoms with E-state index in [-0.39, 0.29) is 18.4 Å². The quantitative estimate of drug-likeness (QED) is 0.145. The Kier molecular flexibility index (Phi) is 13.3. The van der Waals surface area contributed by atoms with Gasteiger partial charge in [0.1, 0.15) is 18.3 Å². The lowest BCUT2D eigenvalue weighted by molar-refractivity contribution is -0.162. The Hall–Kier alpha value is -4.62. The van der Waals surface area contributed by atoms with E-state index in [1.54, 1.807) is 80.6 Å². The zero-order valence-electron chi connectivity index (χ0n) is 30.3. The molecule has 12 heteroatoms. The monoisotopic (exact) mass is 719 g/mol. The zero-order valence-corrected chi connectivity index (χ0v) is 30.3. The molecule has 52 heavy (non-hydrogen) atoms. The number of rotatable bonds is 9. The van der Waals surface area contributed by atoms with Gasteiger partial charge in [-0.15, -0.1) is 0 Å². The van der Waals surface area contributed by atoms with Crippen LogP contribution in [0.5, 0.6) is 0 Å². The number of ether oxygens (including phenoxy) is 3. The Balaban J connectivity index is 1.80. The van der Waals surface area contributed by atoms with Gasteiger partial charge in [0.25, 0.3) is 5.91 Å². The van der Waals surface area contributed by atoms with E-state index in [9.17, 15) is 39.6 Å². The number of esters is 3. The summed E-state index contributed by atoms with van der Waals surface area (Å²) in [4.78, 5) is 51.6. The fourth-order valence-electron chi connectivity index (χ4n) is 7.21. The molecule has 3 unspecified atom stereocenters. The van der Waals surface area contributed by atoms with E-state index in [2.05, 4.69) is 5.32 Å². The lowest BCUT2D eigenvalue weighted by Crippen LogP contribution is -2.48. The van der Waals surface area contributed by atoms with Crippen LogP contribution >= 0.6 is 0 Å². The standard InChI is InChI=1S/C40H49NO11/c1-22-17-34(51-25(4)44)35-23(2)32(19-29(40(35,5)6)31(46)18-28(21-42)33(20-30(22)45)50-24(3)43)52-39(49)37(47)36(26-13-9-7-10-14-26)41-38(48)27-15-11-8-12-16-27/h7-18,29-34,36-37,42,45-47H,19-21H2,1-6H3,(H,41,48)/b22-17-,28-18-/t29-,30-,31-,32?,33?,34?,36-,37+/m0/s1. The minimum Gasteiger partial charge on any atom is -0.458 e. The van der Waals surface area contributed by atoms with E-state index in [4.69, 9.17) is 14.2 Å². The van der Waals surface area contributed by atoms with Crippen molar-refractivity contribution in [1.82, 2.24) is 5.32 Å². The maximum atomic E-state index is 13.9. The summed E-state index contributed by atoms with van der Waals surface area (Å²) in [5.41, 5.74) is 1.38. The fraction of sp³-hybridized carbons (Fsp3) is 0.450. The number of aliphatic hydroxyl groups excluding tert-OH is 4. The number of benzene rings is 2. The van der Waals surface area contributed by atoms with E-state index in [1.165, 1.54) is 19.9 Å². The average molecular weight is 720 g/mol. The van der Waals surface area contributed by atoms with Gasteiger partial charge in [0.05, 0.1) is 24.9 Å². The summed E-state index contributed by atoms with van der Waals surface area (Å²) < 4.78 is 17.3. The molecule has 0 aliphatic heterocycles. The summed E-state index contributed by atoms with van der Waals surface area (Å²) in [6.45, 7) is 8.87. The first kappa shape index (κ1) is 40.2. The topological polar surface area (TPSA) is 189 Å². The second-order valence-corrected chi connectivity index (χ2v) is 13.9. The molecule has 0 radical (unpaired) electrons. The van der Waals surface area contributed by atoms with Crippen molar-refractivity contribution < 1.29 is 53.8 Å². The second-order valence-electron chi connectivity index (χ2n) is 13.9. The Bertz CT molecular complexity index is 1700. The molecular formula is C40H49NO11. The molecule has 0 heterocycles. The van der Waals surface area contributed by atoms with E-state index in [1.807, 2.05) is 13.8 Å². The minimum atomic E-state index is -1.86. The average Bonchev–Trinajstić information content (AvgIpc) is 3.09. The molecule has 5 N–H and O–H groups in total. The number of amides is 1. The van der Waals surface area contributed by atoms with Crippen molar-refractivity contribution >= 4 is 23.8 Å². The first-order valence-corrected chi connectivity index (χ1v) is 17.3. The lowest BCUT2D eigenvalue weighted by atomic mass is 9.61. The van der Waals surface area contributed by atoms with Crippen molar-refractivity contribution in [1.29, 1.82) is 0 Å². The van der Waals surface area contributed by atoms with Gasteiger partial charge in [0, 0.05) is 31.7 Å². The highest BCUT2D eigenvalue weighted by atomic mass is 16.6. The Morgan fingerprint density at radius 2 is 1.44 bits per heavy atom. The molecule has 0 saturated carbocycles. The van der Waals surface area contributed by atoms with Crippen LogP contribution in [0.2, 0.25) is 0 Å². The fourth-order valence-corrected chi connectivity index (χ4v) is 7.21. The maximum absolute atomic E-state index is 13.9. The van der Waals surface area contributed by atoms with Crippen molar-refractivity contribution in [2.75, 3.05) is 6.61 Å². The molecule has 2 aromatic carbocycles. The van der Waals surface area contributed by atoms with E-state index in [0.717, 1.165) is 0 Å². The first-order valence-electron chi connectivity index (χ1n) is 17.3. The van der Waals surface area contributed by atoms with Gasteiger partial charge < -0.3 is 40.0 Å². The summed E-state index contributed by atoms with van der Waals surface area (Å²) >= 11 is 0. The molecule has 0 saturated heterocycles. The number of hydrogen-bond donors (Lipinski definition) is 5. The predicted molar refractivity (Wildman–Crippen MR) is 190 cm³/mol. The summed E-state index contributed by atoms with van der Waals surface area (Å²) in [6, 6.07) is 15.7. The molecule has 1 amide bonds. The highest BCUT2D eigenvalue weighted by Crippen LogP contribution is 2.50. The maximum Gasteiger partial charge on any atom is 0.338 e. The van der Waals surface area contributed by atoms with Crippen LogP contribution in [0.25, 0.3) is 0 Å². The number of carbonyl (C=O) groups is 4. The van der Waals surface area contributed by atoms with Crippen LogP contribution in [0.15, 0.2) is 95.1 Å². The van der Waals surface area contributed by atoms with Crippen molar-refractivity contribution in [2.45, 2.75) is 97.0 Å². The SMILES string of the molecule is CC(=O)OC1/C=C(/C)[C@@H](O)CC(OC(C)=O)/C(CO)=C\[C@H](O)[C@@H]2CC(OC(=O)[C@H](O)[C@@H](NC(=O)c3ccccc3)c3ccccc3)C(C)=C1C2(C)C. The smallest absolute Gasteiger partial charge is 0.338 e. The number of carbonyl (C=O) groups excluding carboxylic acids is 4. The molecule has 2 aliphatic rings. The normalized spacial score (nSPS) is 27.9.